The molecule has 34 heavy (non-hydrogen) atoms. The van der Waals surface area contributed by atoms with E-state index >= 15 is 0 Å². The minimum Gasteiger partial charge on any atom is -0.348 e. The van der Waals surface area contributed by atoms with E-state index in [0.717, 1.165) is 36.9 Å². The van der Waals surface area contributed by atoms with Crippen molar-refractivity contribution in [3.8, 4) is 0 Å². The van der Waals surface area contributed by atoms with Gasteiger partial charge in [-0.1, -0.05) is 89.9 Å². The van der Waals surface area contributed by atoms with Crippen LogP contribution in [-0.4, -0.2) is 47.1 Å². The Balaban J connectivity index is 1.29. The molecule has 0 unspecified atom stereocenters. The Morgan fingerprint density at radius 3 is 2.06 bits per heavy atom. The lowest BCUT2D eigenvalue weighted by atomic mass is 9.96. The van der Waals surface area contributed by atoms with Crippen molar-refractivity contribution in [2.75, 3.05) is 26.2 Å². The van der Waals surface area contributed by atoms with E-state index in [9.17, 15) is 4.79 Å². The normalized spacial score (nSPS) is 18.1. The predicted molar refractivity (Wildman–Crippen MR) is 142 cm³/mol. The fourth-order valence-corrected chi connectivity index (χ4v) is 5.77. The summed E-state index contributed by atoms with van der Waals surface area (Å²) in [6, 6.07) is 26.7. The molecule has 5 rings (SSSR count). The molecule has 0 aromatic heterocycles. The van der Waals surface area contributed by atoms with E-state index < -0.39 is 0 Å². The molecule has 0 atom stereocenters. The molecule has 0 saturated carbocycles. The molecular formula is C27H23Cl2N3OS. The molecule has 0 N–H and O–H groups in total. The summed E-state index contributed by atoms with van der Waals surface area (Å²) in [4.78, 5) is 22.2. The molecule has 3 aromatic rings. The number of piperazine rings is 1. The van der Waals surface area contributed by atoms with Gasteiger partial charge in [-0.25, -0.2) is 0 Å². The van der Waals surface area contributed by atoms with Gasteiger partial charge in [0.1, 0.15) is 0 Å². The second kappa shape index (κ2) is 10.4. The van der Waals surface area contributed by atoms with Crippen LogP contribution in [0.15, 0.2) is 88.8 Å². The number of thioether (sulfide) groups is 1. The Labute approximate surface area is 213 Å². The maximum absolute atomic E-state index is 12.6. The first-order valence-electron chi connectivity index (χ1n) is 11.1. The molecular weight excluding hydrogens is 485 g/mol. The summed E-state index contributed by atoms with van der Waals surface area (Å²) < 4.78 is 0. The molecule has 0 radical (unpaired) electrons. The van der Waals surface area contributed by atoms with E-state index in [1.807, 2.05) is 6.07 Å². The number of carbonyl (C=O) groups excluding carboxylic acids is 1. The van der Waals surface area contributed by atoms with Crippen LogP contribution in [0.25, 0.3) is 6.08 Å². The Bertz CT molecular complexity index is 1200. The van der Waals surface area contributed by atoms with Crippen molar-refractivity contribution in [3.63, 3.8) is 0 Å². The van der Waals surface area contributed by atoms with Crippen LogP contribution in [0.3, 0.4) is 0 Å². The number of benzene rings is 3. The standard InChI is InChI=1S/C27H23Cl2N3OS/c28-22-12-11-21(23(29)18-22)17-24-26(33)30-27(34-24)32-15-13-31(14-16-32)25(19-7-3-1-4-8-19)20-9-5-2-6-10-20/h1-12,17-18,25H,13-16H2. The van der Waals surface area contributed by atoms with Gasteiger partial charge in [-0.15, -0.1) is 0 Å². The van der Waals surface area contributed by atoms with Gasteiger partial charge in [0.05, 0.1) is 10.9 Å². The Morgan fingerprint density at radius 1 is 0.853 bits per heavy atom. The fourth-order valence-electron chi connectivity index (χ4n) is 4.35. The number of rotatable bonds is 4. The molecule has 2 aliphatic heterocycles. The summed E-state index contributed by atoms with van der Waals surface area (Å²) in [6.07, 6.45) is 1.79. The minimum absolute atomic E-state index is 0.201. The highest BCUT2D eigenvalue weighted by atomic mass is 35.5. The van der Waals surface area contributed by atoms with Gasteiger partial charge in [-0.05, 0) is 46.7 Å². The van der Waals surface area contributed by atoms with Crippen LogP contribution in [0.1, 0.15) is 22.7 Å². The van der Waals surface area contributed by atoms with Gasteiger partial charge in [0.25, 0.3) is 5.91 Å². The Hall–Kier alpha value is -2.57. The molecule has 3 aromatic carbocycles. The number of amides is 1. The number of hydrogen-bond acceptors (Lipinski definition) is 4. The van der Waals surface area contributed by atoms with Crippen LogP contribution in [0.2, 0.25) is 10.0 Å². The predicted octanol–water partition coefficient (Wildman–Crippen LogP) is 6.37. The first-order valence-corrected chi connectivity index (χ1v) is 12.7. The van der Waals surface area contributed by atoms with E-state index in [4.69, 9.17) is 23.2 Å². The zero-order valence-electron chi connectivity index (χ0n) is 18.4. The first-order chi connectivity index (χ1) is 16.6. The number of hydrogen-bond donors (Lipinski definition) is 0. The van der Waals surface area contributed by atoms with Crippen molar-refractivity contribution >= 4 is 52.1 Å². The lowest BCUT2D eigenvalue weighted by Crippen LogP contribution is -2.49. The first kappa shape index (κ1) is 23.2. The van der Waals surface area contributed by atoms with Crippen LogP contribution in [-0.2, 0) is 4.79 Å². The summed E-state index contributed by atoms with van der Waals surface area (Å²) in [5, 5.41) is 1.84. The molecule has 1 amide bonds. The third-order valence-corrected chi connectivity index (χ3v) is 7.65. The quantitative estimate of drug-likeness (QED) is 0.384. The second-order valence-electron chi connectivity index (χ2n) is 8.22. The summed E-state index contributed by atoms with van der Waals surface area (Å²) in [5.41, 5.74) is 3.33. The van der Waals surface area contributed by atoms with Crippen molar-refractivity contribution in [3.05, 3.63) is 111 Å². The van der Waals surface area contributed by atoms with Crippen LogP contribution >= 0.6 is 35.0 Å². The van der Waals surface area contributed by atoms with Crippen LogP contribution in [0.5, 0.6) is 0 Å². The second-order valence-corrected chi connectivity index (χ2v) is 10.1. The zero-order valence-corrected chi connectivity index (χ0v) is 20.7. The maximum atomic E-state index is 12.6. The largest absolute Gasteiger partial charge is 0.348 e. The highest BCUT2D eigenvalue weighted by Crippen LogP contribution is 2.34. The molecule has 1 saturated heterocycles. The number of halogens is 2. The van der Waals surface area contributed by atoms with E-state index in [1.165, 1.54) is 22.9 Å². The summed E-state index contributed by atoms with van der Waals surface area (Å²) in [5.74, 6) is -0.222. The summed E-state index contributed by atoms with van der Waals surface area (Å²) in [7, 11) is 0. The minimum atomic E-state index is -0.222. The fraction of sp³-hybridized carbons (Fsp3) is 0.185. The molecule has 172 valence electrons. The smallest absolute Gasteiger partial charge is 0.286 e. The monoisotopic (exact) mass is 507 g/mol. The van der Waals surface area contributed by atoms with Gasteiger partial charge in [0.2, 0.25) is 0 Å². The number of nitrogens with zero attached hydrogens (tertiary/aromatic N) is 3. The topological polar surface area (TPSA) is 35.9 Å². The van der Waals surface area contributed by atoms with E-state index in [1.54, 1.807) is 18.2 Å². The highest BCUT2D eigenvalue weighted by molar-refractivity contribution is 8.18. The van der Waals surface area contributed by atoms with Gasteiger partial charge in [-0.2, -0.15) is 4.99 Å². The Kier molecular flexibility index (Phi) is 7.07. The molecule has 2 heterocycles. The average Bonchev–Trinajstić information content (AvgIpc) is 3.23. The van der Waals surface area contributed by atoms with Gasteiger partial charge in [0.15, 0.2) is 5.17 Å². The van der Waals surface area contributed by atoms with E-state index in [0.29, 0.717) is 15.0 Å². The Morgan fingerprint density at radius 2 is 1.47 bits per heavy atom. The zero-order chi connectivity index (χ0) is 23.5. The summed E-state index contributed by atoms with van der Waals surface area (Å²) in [6.45, 7) is 3.38. The van der Waals surface area contributed by atoms with Gasteiger partial charge in [0, 0.05) is 36.2 Å². The van der Waals surface area contributed by atoms with Crippen molar-refractivity contribution in [2.45, 2.75) is 6.04 Å². The SMILES string of the molecule is O=C1N=C(N2CCN(C(c3ccccc3)c3ccccc3)CC2)SC1=Cc1ccc(Cl)cc1Cl. The van der Waals surface area contributed by atoms with Crippen molar-refractivity contribution in [2.24, 2.45) is 4.99 Å². The van der Waals surface area contributed by atoms with Crippen molar-refractivity contribution in [1.82, 2.24) is 9.80 Å². The number of carbonyl (C=O) groups is 1. The summed E-state index contributed by atoms with van der Waals surface area (Å²) >= 11 is 13.7. The van der Waals surface area contributed by atoms with Gasteiger partial charge in [-0.3, -0.25) is 9.69 Å². The number of amidine groups is 1. The van der Waals surface area contributed by atoms with E-state index in [-0.39, 0.29) is 11.9 Å². The van der Waals surface area contributed by atoms with Gasteiger partial charge >= 0.3 is 0 Å². The molecule has 0 spiro atoms. The molecule has 4 nitrogen and oxygen atoms in total. The third kappa shape index (κ3) is 5.08. The van der Waals surface area contributed by atoms with Crippen molar-refractivity contribution < 1.29 is 4.79 Å². The molecule has 2 aliphatic rings. The van der Waals surface area contributed by atoms with Gasteiger partial charge < -0.3 is 4.90 Å². The molecule has 0 aliphatic carbocycles. The van der Waals surface area contributed by atoms with Crippen LogP contribution < -0.4 is 0 Å². The van der Waals surface area contributed by atoms with E-state index in [2.05, 4.69) is 75.5 Å². The molecule has 1 fully saturated rings. The van der Waals surface area contributed by atoms with Crippen LogP contribution in [0, 0.1) is 0 Å². The average molecular weight is 508 g/mol. The van der Waals surface area contributed by atoms with Crippen molar-refractivity contribution in [1.29, 1.82) is 0 Å². The third-order valence-electron chi connectivity index (χ3n) is 6.04. The molecule has 7 heteroatoms. The maximum Gasteiger partial charge on any atom is 0.286 e. The number of aliphatic imine (C=N–C) groups is 1. The van der Waals surface area contributed by atoms with Crippen LogP contribution in [0.4, 0.5) is 0 Å². The lowest BCUT2D eigenvalue weighted by molar-refractivity contribution is -0.113. The lowest BCUT2D eigenvalue weighted by Gasteiger charge is -2.40. The molecule has 0 bridgehead atoms. The highest BCUT2D eigenvalue weighted by Gasteiger charge is 2.31.